The minimum atomic E-state index is -0.148. The molecule has 0 bridgehead atoms. The standard InChI is InChI=1S/C20H24O.C19H22O/c1-4-5-8-17-10-12-18(13-11-17)20(16(3)21)19-9-6-7-15(2)14-19;1-4-5-16-8-12-18(13-9-16)19(15(3)20)17-10-6-14(2)7-11-17/h6-7,9-14,20H,4-5,8H2,1-3H3;6-13,19H,4-5H2,1-3H3. The number of rotatable bonds is 11. The van der Waals surface area contributed by atoms with Crippen LogP contribution in [0.5, 0.6) is 0 Å². The zero-order valence-electron chi connectivity index (χ0n) is 25.7. The Labute approximate surface area is 247 Å². The molecule has 41 heavy (non-hydrogen) atoms. The van der Waals surface area contributed by atoms with Crippen LogP contribution in [0.3, 0.4) is 0 Å². The fraction of sp³-hybridized carbons (Fsp3) is 0.333. The van der Waals surface area contributed by atoms with E-state index in [1.807, 2.05) is 12.1 Å². The van der Waals surface area contributed by atoms with Crippen molar-refractivity contribution < 1.29 is 9.59 Å². The molecule has 0 aliphatic heterocycles. The predicted molar refractivity (Wildman–Crippen MR) is 173 cm³/mol. The van der Waals surface area contributed by atoms with Crippen molar-refractivity contribution in [3.05, 3.63) is 142 Å². The van der Waals surface area contributed by atoms with E-state index in [1.54, 1.807) is 13.8 Å². The number of ketones is 2. The molecule has 2 nitrogen and oxygen atoms in total. The number of aryl methyl sites for hydroxylation is 4. The average molecular weight is 547 g/mol. The van der Waals surface area contributed by atoms with Crippen molar-refractivity contribution in [3.8, 4) is 0 Å². The van der Waals surface area contributed by atoms with Crippen molar-refractivity contribution >= 4 is 11.6 Å². The van der Waals surface area contributed by atoms with Gasteiger partial charge in [0.15, 0.2) is 0 Å². The molecule has 0 amide bonds. The summed E-state index contributed by atoms with van der Waals surface area (Å²) in [6.45, 7) is 11.9. The van der Waals surface area contributed by atoms with Crippen LogP contribution in [0.15, 0.2) is 97.1 Å². The fourth-order valence-electron chi connectivity index (χ4n) is 5.36. The first-order valence-corrected chi connectivity index (χ1v) is 15.0. The highest BCUT2D eigenvalue weighted by Gasteiger charge is 2.20. The maximum Gasteiger partial charge on any atom is 0.141 e. The number of carbonyl (C=O) groups is 2. The summed E-state index contributed by atoms with van der Waals surface area (Å²) in [6, 6.07) is 33.5. The van der Waals surface area contributed by atoms with Crippen LogP contribution < -0.4 is 0 Å². The Bertz CT molecular complexity index is 1380. The molecule has 0 N–H and O–H groups in total. The molecule has 2 unspecified atom stereocenters. The van der Waals surface area contributed by atoms with Gasteiger partial charge in [-0.25, -0.2) is 0 Å². The molecule has 2 atom stereocenters. The maximum atomic E-state index is 12.1. The summed E-state index contributed by atoms with van der Waals surface area (Å²) in [5.41, 5.74) is 9.44. The van der Waals surface area contributed by atoms with E-state index in [2.05, 4.69) is 113 Å². The summed E-state index contributed by atoms with van der Waals surface area (Å²) in [5.74, 6) is 0.0930. The van der Waals surface area contributed by atoms with E-state index in [4.69, 9.17) is 0 Å². The highest BCUT2D eigenvalue weighted by molar-refractivity contribution is 5.87. The molecule has 0 radical (unpaired) electrons. The molecule has 0 fully saturated rings. The van der Waals surface area contributed by atoms with Crippen LogP contribution in [-0.4, -0.2) is 11.6 Å². The van der Waals surface area contributed by atoms with Crippen molar-refractivity contribution in [2.45, 2.75) is 85.5 Å². The molecule has 0 aliphatic carbocycles. The van der Waals surface area contributed by atoms with Crippen LogP contribution in [0.25, 0.3) is 0 Å². The quantitative estimate of drug-likeness (QED) is 0.188. The third kappa shape index (κ3) is 9.39. The largest absolute Gasteiger partial charge is 0.299 e. The minimum absolute atomic E-state index is 0.147. The van der Waals surface area contributed by atoms with Crippen LogP contribution in [0, 0.1) is 13.8 Å². The van der Waals surface area contributed by atoms with Crippen LogP contribution in [0.4, 0.5) is 0 Å². The molecule has 4 aromatic rings. The van der Waals surface area contributed by atoms with Gasteiger partial charge in [-0.2, -0.15) is 0 Å². The summed E-state index contributed by atoms with van der Waals surface area (Å²) in [5, 5.41) is 0. The Morgan fingerprint density at radius 2 is 1.00 bits per heavy atom. The van der Waals surface area contributed by atoms with E-state index in [9.17, 15) is 9.59 Å². The van der Waals surface area contributed by atoms with Gasteiger partial charge in [0.05, 0.1) is 11.8 Å². The zero-order valence-corrected chi connectivity index (χ0v) is 25.7. The van der Waals surface area contributed by atoms with Crippen molar-refractivity contribution in [1.82, 2.24) is 0 Å². The molecule has 0 saturated carbocycles. The number of hydrogen-bond donors (Lipinski definition) is 0. The summed E-state index contributed by atoms with van der Waals surface area (Å²) in [6.07, 6.45) is 5.78. The molecule has 214 valence electrons. The van der Waals surface area contributed by atoms with Crippen LogP contribution in [0.1, 0.15) is 103 Å². The van der Waals surface area contributed by atoms with Crippen LogP contribution in [0.2, 0.25) is 0 Å². The first-order valence-electron chi connectivity index (χ1n) is 15.0. The van der Waals surface area contributed by atoms with Gasteiger partial charge in [0.25, 0.3) is 0 Å². The molecule has 4 rings (SSSR count). The second-order valence-corrected chi connectivity index (χ2v) is 11.2. The second-order valence-electron chi connectivity index (χ2n) is 11.2. The SMILES string of the molecule is CCCCc1ccc(C(C(C)=O)c2cccc(C)c2)cc1.CCCc1ccc(C(C(C)=O)c2ccc(C)cc2)cc1. The lowest BCUT2D eigenvalue weighted by Crippen LogP contribution is -2.10. The molecule has 0 aliphatic rings. The van der Waals surface area contributed by atoms with Crippen molar-refractivity contribution in [2.24, 2.45) is 0 Å². The average Bonchev–Trinajstić information content (AvgIpc) is 2.95. The summed E-state index contributed by atoms with van der Waals surface area (Å²) >= 11 is 0. The highest BCUT2D eigenvalue weighted by Crippen LogP contribution is 2.28. The van der Waals surface area contributed by atoms with Gasteiger partial charge < -0.3 is 0 Å². The van der Waals surface area contributed by atoms with E-state index >= 15 is 0 Å². The zero-order chi connectivity index (χ0) is 29.8. The van der Waals surface area contributed by atoms with Gasteiger partial charge in [-0.3, -0.25) is 9.59 Å². The molecular weight excluding hydrogens is 500 g/mol. The van der Waals surface area contributed by atoms with Crippen molar-refractivity contribution in [2.75, 3.05) is 0 Å². The topological polar surface area (TPSA) is 34.1 Å². The minimum Gasteiger partial charge on any atom is -0.299 e. The van der Waals surface area contributed by atoms with E-state index in [-0.39, 0.29) is 23.4 Å². The first-order chi connectivity index (χ1) is 19.7. The number of carbonyl (C=O) groups excluding carboxylic acids is 2. The molecule has 0 heterocycles. The van der Waals surface area contributed by atoms with E-state index < -0.39 is 0 Å². The lowest BCUT2D eigenvalue weighted by atomic mass is 9.87. The highest BCUT2D eigenvalue weighted by atomic mass is 16.1. The van der Waals surface area contributed by atoms with Crippen molar-refractivity contribution in [1.29, 1.82) is 0 Å². The monoisotopic (exact) mass is 546 g/mol. The van der Waals surface area contributed by atoms with Gasteiger partial charge in [-0.15, -0.1) is 0 Å². The van der Waals surface area contributed by atoms with E-state index in [0.29, 0.717) is 0 Å². The summed E-state index contributed by atoms with van der Waals surface area (Å²) < 4.78 is 0. The number of hydrogen-bond acceptors (Lipinski definition) is 2. The van der Waals surface area contributed by atoms with Gasteiger partial charge in [0.2, 0.25) is 0 Å². The van der Waals surface area contributed by atoms with Gasteiger partial charge in [0, 0.05) is 0 Å². The Morgan fingerprint density at radius 3 is 1.44 bits per heavy atom. The van der Waals surface area contributed by atoms with E-state index in [1.165, 1.54) is 35.1 Å². The number of unbranched alkanes of at least 4 members (excludes halogenated alkanes) is 1. The molecule has 4 aromatic carbocycles. The molecule has 0 aromatic heterocycles. The number of Topliss-reactive ketones (excluding diaryl/α,β-unsaturated/α-hetero) is 2. The Balaban J connectivity index is 0.000000226. The molecule has 2 heteroatoms. The van der Waals surface area contributed by atoms with E-state index in [0.717, 1.165) is 41.5 Å². The van der Waals surface area contributed by atoms with Crippen LogP contribution >= 0.6 is 0 Å². The third-order valence-corrected chi connectivity index (χ3v) is 7.58. The van der Waals surface area contributed by atoms with Crippen LogP contribution in [-0.2, 0) is 22.4 Å². The lowest BCUT2D eigenvalue weighted by Gasteiger charge is -2.16. The lowest BCUT2D eigenvalue weighted by molar-refractivity contribution is -0.118. The first kappa shape index (κ1) is 31.7. The Morgan fingerprint density at radius 1 is 0.537 bits per heavy atom. The normalized spacial score (nSPS) is 12.1. The van der Waals surface area contributed by atoms with Gasteiger partial charge in [-0.05, 0) is 80.3 Å². The Hall–Kier alpha value is -3.78. The maximum absolute atomic E-state index is 12.1. The van der Waals surface area contributed by atoms with Crippen molar-refractivity contribution in [3.63, 3.8) is 0 Å². The molecule has 0 spiro atoms. The van der Waals surface area contributed by atoms with Gasteiger partial charge in [0.1, 0.15) is 11.6 Å². The fourth-order valence-corrected chi connectivity index (χ4v) is 5.36. The molecular formula is C39H46O2. The van der Waals surface area contributed by atoms with Gasteiger partial charge in [-0.1, -0.05) is 135 Å². The number of benzene rings is 4. The summed E-state index contributed by atoms with van der Waals surface area (Å²) in [7, 11) is 0. The molecule has 0 saturated heterocycles. The Kier molecular flexibility index (Phi) is 12.3. The second kappa shape index (κ2) is 15.9. The summed E-state index contributed by atoms with van der Waals surface area (Å²) in [4.78, 5) is 24.2. The smallest absolute Gasteiger partial charge is 0.141 e. The third-order valence-electron chi connectivity index (χ3n) is 7.58. The predicted octanol–water partition coefficient (Wildman–Crippen LogP) is 9.73. The van der Waals surface area contributed by atoms with Gasteiger partial charge >= 0.3 is 0 Å².